The Balaban J connectivity index is 1.48. The summed E-state index contributed by atoms with van der Waals surface area (Å²) in [4.78, 5) is 13.0. The van der Waals surface area contributed by atoms with E-state index in [9.17, 15) is 13.2 Å². The molecular formula is C24H30N2O5S. The van der Waals surface area contributed by atoms with Crippen LogP contribution in [0.15, 0.2) is 47.4 Å². The van der Waals surface area contributed by atoms with Crippen molar-refractivity contribution in [1.29, 1.82) is 0 Å². The summed E-state index contributed by atoms with van der Waals surface area (Å²) in [7, 11) is -2.02. The van der Waals surface area contributed by atoms with Crippen LogP contribution in [0, 0.1) is 0 Å². The number of hydrogen-bond acceptors (Lipinski definition) is 5. The van der Waals surface area contributed by atoms with Gasteiger partial charge >= 0.3 is 0 Å². The van der Waals surface area contributed by atoms with Crippen LogP contribution in [-0.2, 0) is 10.0 Å². The minimum atomic E-state index is -3.66. The molecule has 8 heteroatoms. The summed E-state index contributed by atoms with van der Waals surface area (Å²) < 4.78 is 38.9. The summed E-state index contributed by atoms with van der Waals surface area (Å²) in [6, 6.07) is 11.6. The topological polar surface area (TPSA) is 84.9 Å². The first-order valence-corrected chi connectivity index (χ1v) is 12.6. The highest BCUT2D eigenvalue weighted by atomic mass is 32.2. The van der Waals surface area contributed by atoms with Gasteiger partial charge in [0.1, 0.15) is 13.2 Å². The second-order valence-electron chi connectivity index (χ2n) is 8.44. The molecule has 0 saturated heterocycles. The number of carbonyl (C=O) groups excluding carboxylic acids is 1. The standard InChI is InChI=1S/C24H30N2O5S/c1-17(18-11-12-22-23(16-18)31-14-13-30-22)25-24(27)19-7-6-10-21(15-19)32(28,29)26(2)20-8-4-3-5-9-20/h6-7,10-12,15-17,20H,3-5,8-9,13-14H2,1-2H3,(H,25,27). The fourth-order valence-electron chi connectivity index (χ4n) is 4.30. The first-order chi connectivity index (χ1) is 15.4. The molecule has 1 heterocycles. The molecule has 1 aliphatic carbocycles. The second kappa shape index (κ2) is 9.50. The maximum Gasteiger partial charge on any atom is 0.251 e. The number of ether oxygens (including phenoxy) is 2. The van der Waals surface area contributed by atoms with Crippen molar-refractivity contribution < 1.29 is 22.7 Å². The van der Waals surface area contributed by atoms with E-state index in [1.807, 2.05) is 25.1 Å². The quantitative estimate of drug-likeness (QED) is 0.710. The van der Waals surface area contributed by atoms with Crippen LogP contribution < -0.4 is 14.8 Å². The highest BCUT2D eigenvalue weighted by molar-refractivity contribution is 7.89. The average molecular weight is 459 g/mol. The maximum absolute atomic E-state index is 13.2. The van der Waals surface area contributed by atoms with Crippen LogP contribution in [0.2, 0.25) is 0 Å². The van der Waals surface area contributed by atoms with Crippen LogP contribution >= 0.6 is 0 Å². The van der Waals surface area contributed by atoms with Crippen LogP contribution in [0.3, 0.4) is 0 Å². The third-order valence-corrected chi connectivity index (χ3v) is 8.18. The van der Waals surface area contributed by atoms with Gasteiger partial charge in [-0.3, -0.25) is 4.79 Å². The van der Waals surface area contributed by atoms with E-state index >= 15 is 0 Å². The molecule has 2 aromatic rings. The molecule has 4 rings (SSSR count). The molecule has 2 aliphatic rings. The van der Waals surface area contributed by atoms with Crippen molar-refractivity contribution in [2.75, 3.05) is 20.3 Å². The normalized spacial score (nSPS) is 17.7. The lowest BCUT2D eigenvalue weighted by molar-refractivity contribution is 0.0939. The molecule has 1 atom stereocenters. The van der Waals surface area contributed by atoms with E-state index in [0.717, 1.165) is 37.7 Å². The van der Waals surface area contributed by atoms with E-state index in [1.54, 1.807) is 25.2 Å². The molecular weight excluding hydrogens is 428 g/mol. The van der Waals surface area contributed by atoms with E-state index in [4.69, 9.17) is 9.47 Å². The third kappa shape index (κ3) is 4.76. The van der Waals surface area contributed by atoms with E-state index < -0.39 is 10.0 Å². The summed E-state index contributed by atoms with van der Waals surface area (Å²) in [6.45, 7) is 2.89. The Morgan fingerprint density at radius 2 is 1.75 bits per heavy atom. The number of carbonyl (C=O) groups is 1. The molecule has 0 aromatic heterocycles. The van der Waals surface area contributed by atoms with E-state index in [-0.39, 0.29) is 22.9 Å². The van der Waals surface area contributed by atoms with Gasteiger partial charge in [0, 0.05) is 18.7 Å². The van der Waals surface area contributed by atoms with Crippen LogP contribution in [0.5, 0.6) is 11.5 Å². The maximum atomic E-state index is 13.2. The minimum absolute atomic E-state index is 0.0152. The third-order valence-electron chi connectivity index (χ3n) is 6.28. The van der Waals surface area contributed by atoms with E-state index in [1.165, 1.54) is 10.4 Å². The minimum Gasteiger partial charge on any atom is -0.486 e. The Bertz CT molecular complexity index is 1080. The van der Waals surface area contributed by atoms with Gasteiger partial charge in [0.05, 0.1) is 10.9 Å². The van der Waals surface area contributed by atoms with Gasteiger partial charge in [-0.15, -0.1) is 0 Å². The Morgan fingerprint density at radius 1 is 1.03 bits per heavy atom. The molecule has 1 fully saturated rings. The summed E-state index contributed by atoms with van der Waals surface area (Å²) in [5, 5.41) is 2.95. The Kier molecular flexibility index (Phi) is 6.71. The molecule has 0 radical (unpaired) electrons. The molecule has 32 heavy (non-hydrogen) atoms. The van der Waals surface area contributed by atoms with E-state index in [2.05, 4.69) is 5.32 Å². The van der Waals surface area contributed by atoms with Crippen molar-refractivity contribution >= 4 is 15.9 Å². The van der Waals surface area contributed by atoms with Crippen LogP contribution in [0.4, 0.5) is 0 Å². The van der Waals surface area contributed by atoms with Gasteiger partial charge in [0.25, 0.3) is 5.91 Å². The molecule has 7 nitrogen and oxygen atoms in total. The fraction of sp³-hybridized carbons (Fsp3) is 0.458. The number of rotatable bonds is 6. The first-order valence-electron chi connectivity index (χ1n) is 11.1. The average Bonchev–Trinajstić information content (AvgIpc) is 2.83. The molecule has 1 unspecified atom stereocenters. The van der Waals surface area contributed by atoms with Gasteiger partial charge < -0.3 is 14.8 Å². The monoisotopic (exact) mass is 458 g/mol. The van der Waals surface area contributed by atoms with Gasteiger partial charge in [-0.05, 0) is 55.7 Å². The molecule has 1 aliphatic heterocycles. The van der Waals surface area contributed by atoms with Gasteiger partial charge in [-0.25, -0.2) is 8.42 Å². The van der Waals surface area contributed by atoms with Crippen molar-refractivity contribution in [3.63, 3.8) is 0 Å². The second-order valence-corrected chi connectivity index (χ2v) is 10.4. The SMILES string of the molecule is CC(NC(=O)c1cccc(S(=O)(=O)N(C)C2CCCCC2)c1)c1ccc2c(c1)OCCO2. The fourth-order valence-corrected chi connectivity index (χ4v) is 5.76. The number of sulfonamides is 1. The van der Waals surface area contributed by atoms with Gasteiger partial charge in [0.15, 0.2) is 11.5 Å². The number of nitrogens with zero attached hydrogens (tertiary/aromatic N) is 1. The molecule has 0 spiro atoms. The predicted molar refractivity (Wildman–Crippen MR) is 122 cm³/mol. The molecule has 1 N–H and O–H groups in total. The lowest BCUT2D eigenvalue weighted by atomic mass is 9.96. The zero-order chi connectivity index (χ0) is 22.7. The summed E-state index contributed by atoms with van der Waals surface area (Å²) >= 11 is 0. The van der Waals surface area contributed by atoms with Gasteiger partial charge in [-0.1, -0.05) is 31.4 Å². The van der Waals surface area contributed by atoms with Gasteiger partial charge in [-0.2, -0.15) is 4.31 Å². The smallest absolute Gasteiger partial charge is 0.251 e. The van der Waals surface area contributed by atoms with Gasteiger partial charge in [0.2, 0.25) is 10.0 Å². The van der Waals surface area contributed by atoms with Crippen molar-refractivity contribution in [3.8, 4) is 11.5 Å². The Labute approximate surface area is 189 Å². The number of nitrogens with one attached hydrogen (secondary N) is 1. The predicted octanol–water partition coefficient (Wildman–Crippen LogP) is 3.90. The summed E-state index contributed by atoms with van der Waals surface area (Å²) in [6.07, 6.45) is 5.00. The molecule has 1 amide bonds. The summed E-state index contributed by atoms with van der Waals surface area (Å²) in [5.74, 6) is 1.02. The van der Waals surface area contributed by atoms with Crippen LogP contribution in [0.1, 0.15) is 61.0 Å². The highest BCUT2D eigenvalue weighted by Gasteiger charge is 2.29. The lowest BCUT2D eigenvalue weighted by Gasteiger charge is -2.30. The molecule has 172 valence electrons. The number of benzene rings is 2. The molecule has 0 bridgehead atoms. The van der Waals surface area contributed by atoms with Crippen molar-refractivity contribution in [2.45, 2.75) is 56.0 Å². The van der Waals surface area contributed by atoms with Crippen molar-refractivity contribution in [2.24, 2.45) is 0 Å². The highest BCUT2D eigenvalue weighted by Crippen LogP contribution is 2.33. The summed E-state index contributed by atoms with van der Waals surface area (Å²) in [5.41, 5.74) is 1.19. The molecule has 2 aromatic carbocycles. The largest absolute Gasteiger partial charge is 0.486 e. The lowest BCUT2D eigenvalue weighted by Crippen LogP contribution is -2.38. The first kappa shape index (κ1) is 22.6. The Morgan fingerprint density at radius 3 is 2.50 bits per heavy atom. The number of amides is 1. The van der Waals surface area contributed by atoms with Crippen molar-refractivity contribution in [3.05, 3.63) is 53.6 Å². The van der Waals surface area contributed by atoms with E-state index in [0.29, 0.717) is 30.3 Å². The zero-order valence-corrected chi connectivity index (χ0v) is 19.4. The van der Waals surface area contributed by atoms with Crippen LogP contribution in [0.25, 0.3) is 0 Å². The van der Waals surface area contributed by atoms with Crippen LogP contribution in [-0.4, -0.2) is 44.9 Å². The number of fused-ring (bicyclic) bond motifs is 1. The zero-order valence-electron chi connectivity index (χ0n) is 18.5. The van der Waals surface area contributed by atoms with Crippen molar-refractivity contribution in [1.82, 2.24) is 9.62 Å². The molecule has 1 saturated carbocycles. The number of hydrogen-bond donors (Lipinski definition) is 1. The Hall–Kier alpha value is -2.58.